The van der Waals surface area contributed by atoms with Crippen molar-refractivity contribution in [1.82, 2.24) is 0 Å². The largest absolute Gasteiger partial charge is 0.491 e. The minimum absolute atomic E-state index is 0.276. The molecule has 0 amide bonds. The zero-order chi connectivity index (χ0) is 19.5. The number of hydrogen-bond acceptors (Lipinski definition) is 1. The van der Waals surface area contributed by atoms with Gasteiger partial charge in [-0.15, -0.1) is 0 Å². The van der Waals surface area contributed by atoms with E-state index < -0.39 is 0 Å². The fourth-order valence-electron chi connectivity index (χ4n) is 3.24. The summed E-state index contributed by atoms with van der Waals surface area (Å²) in [6.45, 7) is 7.30. The molecular formula is C25H35FO. The van der Waals surface area contributed by atoms with Gasteiger partial charge in [-0.1, -0.05) is 89.6 Å². The van der Waals surface area contributed by atoms with Crippen LogP contribution in [0.4, 0.5) is 4.39 Å². The van der Waals surface area contributed by atoms with Gasteiger partial charge < -0.3 is 4.74 Å². The SMILES string of the molecule is CCCCCCCCOc1ccc(-c2ccc(CC(C)CC)cc2)cc1F. The third-order valence-corrected chi connectivity index (χ3v) is 5.26. The van der Waals surface area contributed by atoms with E-state index in [-0.39, 0.29) is 5.82 Å². The van der Waals surface area contributed by atoms with Crippen LogP contribution in [0.2, 0.25) is 0 Å². The average Bonchev–Trinajstić information content (AvgIpc) is 2.68. The molecule has 2 aromatic carbocycles. The maximum Gasteiger partial charge on any atom is 0.165 e. The van der Waals surface area contributed by atoms with Gasteiger partial charge >= 0.3 is 0 Å². The van der Waals surface area contributed by atoms with Crippen LogP contribution in [0.5, 0.6) is 5.75 Å². The normalized spacial score (nSPS) is 12.1. The molecule has 0 aliphatic rings. The first-order valence-corrected chi connectivity index (χ1v) is 10.7. The van der Waals surface area contributed by atoms with Crippen LogP contribution in [0.25, 0.3) is 11.1 Å². The lowest BCUT2D eigenvalue weighted by Gasteiger charge is -2.11. The molecule has 0 saturated heterocycles. The third kappa shape index (κ3) is 7.36. The number of halogens is 1. The van der Waals surface area contributed by atoms with Crippen LogP contribution in [-0.2, 0) is 6.42 Å². The minimum Gasteiger partial charge on any atom is -0.491 e. The Labute approximate surface area is 165 Å². The smallest absolute Gasteiger partial charge is 0.165 e. The highest BCUT2D eigenvalue weighted by Gasteiger charge is 2.07. The van der Waals surface area contributed by atoms with E-state index >= 15 is 0 Å². The topological polar surface area (TPSA) is 9.23 Å². The molecule has 0 N–H and O–H groups in total. The summed E-state index contributed by atoms with van der Waals surface area (Å²) in [5, 5.41) is 0. The van der Waals surface area contributed by atoms with Gasteiger partial charge in [0, 0.05) is 0 Å². The van der Waals surface area contributed by atoms with Crippen LogP contribution >= 0.6 is 0 Å². The first kappa shape index (κ1) is 21.5. The lowest BCUT2D eigenvalue weighted by molar-refractivity contribution is 0.290. The van der Waals surface area contributed by atoms with Crippen molar-refractivity contribution in [2.24, 2.45) is 5.92 Å². The minimum atomic E-state index is -0.276. The molecule has 0 bridgehead atoms. The van der Waals surface area contributed by atoms with Crippen molar-refractivity contribution in [2.75, 3.05) is 6.61 Å². The van der Waals surface area contributed by atoms with Crippen molar-refractivity contribution in [2.45, 2.75) is 72.1 Å². The average molecular weight is 371 g/mol. The second kappa shape index (κ2) is 11.8. The second-order valence-electron chi connectivity index (χ2n) is 7.68. The molecule has 0 aromatic heterocycles. The molecule has 148 valence electrons. The Morgan fingerprint density at radius 1 is 0.852 bits per heavy atom. The predicted molar refractivity (Wildman–Crippen MR) is 114 cm³/mol. The molecule has 2 aromatic rings. The Kier molecular flexibility index (Phi) is 9.38. The molecule has 0 saturated carbocycles. The molecule has 0 spiro atoms. The number of hydrogen-bond donors (Lipinski definition) is 0. The molecule has 0 heterocycles. The molecular weight excluding hydrogens is 335 g/mol. The Morgan fingerprint density at radius 3 is 2.19 bits per heavy atom. The Hall–Kier alpha value is -1.83. The summed E-state index contributed by atoms with van der Waals surface area (Å²) in [6.07, 6.45) is 9.51. The second-order valence-corrected chi connectivity index (χ2v) is 7.68. The van der Waals surface area contributed by atoms with Crippen LogP contribution in [-0.4, -0.2) is 6.61 Å². The molecule has 1 unspecified atom stereocenters. The number of ether oxygens (including phenoxy) is 1. The molecule has 27 heavy (non-hydrogen) atoms. The van der Waals surface area contributed by atoms with Gasteiger partial charge in [0.1, 0.15) is 0 Å². The van der Waals surface area contributed by atoms with Gasteiger partial charge in [0.05, 0.1) is 6.61 Å². The zero-order valence-corrected chi connectivity index (χ0v) is 17.3. The molecule has 0 radical (unpaired) electrons. The highest BCUT2D eigenvalue weighted by Crippen LogP contribution is 2.26. The fraction of sp³-hybridized carbons (Fsp3) is 0.520. The van der Waals surface area contributed by atoms with Crippen molar-refractivity contribution in [3.63, 3.8) is 0 Å². The van der Waals surface area contributed by atoms with Crippen molar-refractivity contribution in [3.05, 3.63) is 53.8 Å². The first-order valence-electron chi connectivity index (χ1n) is 10.7. The Balaban J connectivity index is 1.86. The van der Waals surface area contributed by atoms with Crippen LogP contribution < -0.4 is 4.74 Å². The van der Waals surface area contributed by atoms with Crippen LogP contribution in [0.3, 0.4) is 0 Å². The molecule has 0 aliphatic heterocycles. The van der Waals surface area contributed by atoms with Gasteiger partial charge in [-0.3, -0.25) is 0 Å². The molecule has 2 rings (SSSR count). The van der Waals surface area contributed by atoms with E-state index in [9.17, 15) is 4.39 Å². The van der Waals surface area contributed by atoms with Gasteiger partial charge in [-0.25, -0.2) is 4.39 Å². The summed E-state index contributed by atoms with van der Waals surface area (Å²) >= 11 is 0. The number of benzene rings is 2. The quantitative estimate of drug-likeness (QED) is 0.346. The molecule has 2 heteroatoms. The van der Waals surface area contributed by atoms with Gasteiger partial charge in [0.15, 0.2) is 11.6 Å². The van der Waals surface area contributed by atoms with Gasteiger partial charge in [-0.05, 0) is 47.6 Å². The fourth-order valence-corrected chi connectivity index (χ4v) is 3.24. The van der Waals surface area contributed by atoms with Crippen LogP contribution in [0.1, 0.15) is 71.3 Å². The molecule has 1 atom stereocenters. The van der Waals surface area contributed by atoms with Gasteiger partial charge in [0.2, 0.25) is 0 Å². The summed E-state index contributed by atoms with van der Waals surface area (Å²) in [6, 6.07) is 13.8. The standard InChI is InChI=1S/C25H35FO/c1-4-6-7-8-9-10-17-27-25-16-15-23(19-24(25)26)22-13-11-21(12-14-22)18-20(3)5-2/h11-16,19-20H,4-10,17-18H2,1-3H3. The number of unbranched alkanes of at least 4 members (excludes halogenated alkanes) is 5. The van der Waals surface area contributed by atoms with Crippen LogP contribution in [0, 0.1) is 11.7 Å². The highest BCUT2D eigenvalue weighted by atomic mass is 19.1. The van der Waals surface area contributed by atoms with E-state index in [0.717, 1.165) is 30.4 Å². The number of rotatable bonds is 12. The molecule has 1 nitrogen and oxygen atoms in total. The van der Waals surface area contributed by atoms with Crippen molar-refractivity contribution in [3.8, 4) is 16.9 Å². The predicted octanol–water partition coefficient (Wildman–Crippen LogP) is 7.82. The van der Waals surface area contributed by atoms with E-state index in [1.165, 1.54) is 37.7 Å². The first-order chi connectivity index (χ1) is 13.1. The van der Waals surface area contributed by atoms with E-state index in [2.05, 4.69) is 45.0 Å². The summed E-state index contributed by atoms with van der Waals surface area (Å²) in [7, 11) is 0. The maximum atomic E-state index is 14.4. The van der Waals surface area contributed by atoms with Crippen LogP contribution in [0.15, 0.2) is 42.5 Å². The lowest BCUT2D eigenvalue weighted by atomic mass is 9.97. The lowest BCUT2D eigenvalue weighted by Crippen LogP contribution is -1.99. The summed E-state index contributed by atoms with van der Waals surface area (Å²) in [5.41, 5.74) is 3.28. The summed E-state index contributed by atoms with van der Waals surface area (Å²) in [4.78, 5) is 0. The molecule has 0 aliphatic carbocycles. The van der Waals surface area contributed by atoms with Crippen molar-refractivity contribution >= 4 is 0 Å². The van der Waals surface area contributed by atoms with E-state index in [4.69, 9.17) is 4.74 Å². The summed E-state index contributed by atoms with van der Waals surface area (Å²) in [5.74, 6) is 0.777. The van der Waals surface area contributed by atoms with Gasteiger partial charge in [0.25, 0.3) is 0 Å². The summed E-state index contributed by atoms with van der Waals surface area (Å²) < 4.78 is 20.0. The maximum absolute atomic E-state index is 14.4. The van der Waals surface area contributed by atoms with Crippen molar-refractivity contribution < 1.29 is 9.13 Å². The monoisotopic (exact) mass is 370 g/mol. The zero-order valence-electron chi connectivity index (χ0n) is 17.3. The van der Waals surface area contributed by atoms with E-state index in [1.807, 2.05) is 6.07 Å². The Morgan fingerprint density at radius 2 is 1.52 bits per heavy atom. The van der Waals surface area contributed by atoms with Gasteiger partial charge in [-0.2, -0.15) is 0 Å². The molecule has 0 fully saturated rings. The van der Waals surface area contributed by atoms with Crippen molar-refractivity contribution in [1.29, 1.82) is 0 Å². The van der Waals surface area contributed by atoms with E-state index in [0.29, 0.717) is 18.3 Å². The highest BCUT2D eigenvalue weighted by molar-refractivity contribution is 5.64. The third-order valence-electron chi connectivity index (χ3n) is 5.26. The van der Waals surface area contributed by atoms with E-state index in [1.54, 1.807) is 12.1 Å². The Bertz CT molecular complexity index is 663.